The molecule has 0 aliphatic carbocycles. The predicted molar refractivity (Wildman–Crippen MR) is 103 cm³/mol. The summed E-state index contributed by atoms with van der Waals surface area (Å²) in [5, 5.41) is 11.1. The van der Waals surface area contributed by atoms with E-state index in [-0.39, 0.29) is 24.1 Å². The number of rotatable bonds is 4. The number of nitrogens with zero attached hydrogens (tertiary/aromatic N) is 2. The Labute approximate surface area is 160 Å². The molecule has 6 heteroatoms. The molecule has 1 saturated heterocycles. The van der Waals surface area contributed by atoms with Crippen LogP contribution in [0.2, 0.25) is 0 Å². The number of hydrogen-bond donors (Lipinski definition) is 1. The van der Waals surface area contributed by atoms with E-state index in [1.54, 1.807) is 42.5 Å². The highest BCUT2D eigenvalue weighted by Gasteiger charge is 2.44. The van der Waals surface area contributed by atoms with Crippen molar-refractivity contribution in [3.8, 4) is 10.4 Å². The molecule has 0 saturated carbocycles. The summed E-state index contributed by atoms with van der Waals surface area (Å²) in [6.45, 7) is 0. The molecule has 1 aliphatic heterocycles. The van der Waals surface area contributed by atoms with E-state index < -0.39 is 12.1 Å². The van der Waals surface area contributed by atoms with Crippen molar-refractivity contribution in [2.24, 2.45) is 0 Å². The molecular weight excluding hydrogens is 363 g/mol. The van der Waals surface area contributed by atoms with Crippen LogP contribution in [0, 0.1) is 5.82 Å². The number of benzene rings is 1. The highest BCUT2D eigenvalue weighted by Crippen LogP contribution is 2.43. The second-order valence-corrected chi connectivity index (χ2v) is 7.83. The second kappa shape index (κ2) is 7.21. The third kappa shape index (κ3) is 3.26. The molecule has 3 aromatic rings. The third-order valence-corrected chi connectivity index (χ3v) is 6.34. The maximum atomic E-state index is 14.3. The van der Waals surface area contributed by atoms with Crippen molar-refractivity contribution in [2.45, 2.75) is 24.5 Å². The lowest BCUT2D eigenvalue weighted by Gasteiger charge is -2.29. The van der Waals surface area contributed by atoms with Gasteiger partial charge in [-0.05, 0) is 29.8 Å². The summed E-state index contributed by atoms with van der Waals surface area (Å²) >= 11 is 1.46. The van der Waals surface area contributed by atoms with E-state index in [9.17, 15) is 14.3 Å². The average Bonchev–Trinajstić information content (AvgIpc) is 3.28. The van der Waals surface area contributed by atoms with E-state index in [1.165, 1.54) is 17.4 Å². The SMILES string of the molecule is CN1C(=O)C[C@H](c2ccccc2F)[C@@H]1[C@H](O)c1ccc(-c2cccnc2)s1. The summed E-state index contributed by atoms with van der Waals surface area (Å²) in [5.41, 5.74) is 1.45. The highest BCUT2D eigenvalue weighted by molar-refractivity contribution is 7.15. The zero-order valence-electron chi connectivity index (χ0n) is 14.7. The molecule has 1 aromatic carbocycles. The summed E-state index contributed by atoms with van der Waals surface area (Å²) < 4.78 is 14.3. The summed E-state index contributed by atoms with van der Waals surface area (Å²) in [6.07, 6.45) is 2.79. The molecule has 1 amide bonds. The number of likely N-dealkylation sites (N-methyl/N-ethyl adjacent to an activating group) is 1. The van der Waals surface area contributed by atoms with Crippen molar-refractivity contribution < 1.29 is 14.3 Å². The first kappa shape index (κ1) is 17.8. The number of hydrogen-bond acceptors (Lipinski definition) is 4. The lowest BCUT2D eigenvalue weighted by atomic mass is 9.88. The molecule has 1 fully saturated rings. The van der Waals surface area contributed by atoms with Gasteiger partial charge < -0.3 is 10.0 Å². The summed E-state index contributed by atoms with van der Waals surface area (Å²) in [4.78, 5) is 19.7. The molecule has 0 bridgehead atoms. The molecule has 138 valence electrons. The fraction of sp³-hybridized carbons (Fsp3) is 0.238. The van der Waals surface area contributed by atoms with Gasteiger partial charge in [-0.25, -0.2) is 4.39 Å². The standard InChI is InChI=1S/C21H19FN2O2S/c1-24-19(25)11-15(14-6-2-3-7-16(14)22)20(24)21(26)18-9-8-17(27-18)13-5-4-10-23-12-13/h2-10,12,15,20-21,26H,11H2,1H3/t15-,20-,21-/m1/s1. The first-order valence-electron chi connectivity index (χ1n) is 8.74. The number of carbonyl (C=O) groups is 1. The minimum atomic E-state index is -0.888. The van der Waals surface area contributed by atoms with Gasteiger partial charge in [0.15, 0.2) is 0 Å². The Morgan fingerprint density at radius 2 is 2.04 bits per heavy atom. The van der Waals surface area contributed by atoms with Crippen molar-refractivity contribution in [1.82, 2.24) is 9.88 Å². The van der Waals surface area contributed by atoms with Crippen LogP contribution in [0.5, 0.6) is 0 Å². The van der Waals surface area contributed by atoms with Gasteiger partial charge in [0.1, 0.15) is 11.9 Å². The lowest BCUT2D eigenvalue weighted by molar-refractivity contribution is -0.128. The number of likely N-dealkylation sites (tertiary alicyclic amines) is 1. The molecule has 0 unspecified atom stereocenters. The van der Waals surface area contributed by atoms with Gasteiger partial charge in [-0.15, -0.1) is 11.3 Å². The summed E-state index contributed by atoms with van der Waals surface area (Å²) in [5.74, 6) is -0.816. The molecule has 1 aliphatic rings. The molecule has 4 rings (SSSR count). The van der Waals surface area contributed by atoms with Crippen molar-refractivity contribution in [2.75, 3.05) is 7.05 Å². The minimum absolute atomic E-state index is 0.0867. The fourth-order valence-corrected chi connectivity index (χ4v) is 4.76. The van der Waals surface area contributed by atoms with Crippen molar-refractivity contribution in [1.29, 1.82) is 0 Å². The molecular formula is C21H19FN2O2S. The Bertz CT molecular complexity index is 960. The monoisotopic (exact) mass is 382 g/mol. The predicted octanol–water partition coefficient (Wildman–Crippen LogP) is 4.00. The molecule has 27 heavy (non-hydrogen) atoms. The van der Waals surface area contributed by atoms with Gasteiger partial charge in [-0.1, -0.05) is 24.3 Å². The fourth-order valence-electron chi connectivity index (χ4n) is 3.73. The Kier molecular flexibility index (Phi) is 4.76. The number of aliphatic hydroxyl groups is 1. The van der Waals surface area contributed by atoms with Crippen molar-refractivity contribution in [3.63, 3.8) is 0 Å². The maximum Gasteiger partial charge on any atom is 0.223 e. The third-order valence-electron chi connectivity index (χ3n) is 5.14. The van der Waals surface area contributed by atoms with Crippen LogP contribution in [-0.2, 0) is 4.79 Å². The minimum Gasteiger partial charge on any atom is -0.385 e. The Hall–Kier alpha value is -2.57. The molecule has 2 aromatic heterocycles. The summed E-state index contributed by atoms with van der Waals surface area (Å²) in [7, 11) is 1.67. The molecule has 0 radical (unpaired) electrons. The molecule has 1 N–H and O–H groups in total. The van der Waals surface area contributed by atoms with E-state index in [0.29, 0.717) is 5.56 Å². The quantitative estimate of drug-likeness (QED) is 0.742. The van der Waals surface area contributed by atoms with Gasteiger partial charge in [0.2, 0.25) is 5.91 Å². The second-order valence-electron chi connectivity index (χ2n) is 6.72. The summed E-state index contributed by atoms with van der Waals surface area (Å²) in [6, 6.07) is 13.6. The Balaban J connectivity index is 1.67. The topological polar surface area (TPSA) is 53.4 Å². The van der Waals surface area contributed by atoms with Crippen molar-refractivity contribution in [3.05, 3.63) is 77.2 Å². The van der Waals surface area contributed by atoms with Crippen LogP contribution in [0.15, 0.2) is 60.9 Å². The number of aliphatic hydroxyl groups excluding tert-OH is 1. The first-order valence-corrected chi connectivity index (χ1v) is 9.56. The zero-order valence-corrected chi connectivity index (χ0v) is 15.6. The highest BCUT2D eigenvalue weighted by atomic mass is 32.1. The first-order chi connectivity index (χ1) is 13.1. The average molecular weight is 382 g/mol. The van der Waals surface area contributed by atoms with Crippen LogP contribution < -0.4 is 0 Å². The van der Waals surface area contributed by atoms with Crippen LogP contribution in [0.1, 0.15) is 28.9 Å². The number of pyridine rings is 1. The van der Waals surface area contributed by atoms with E-state index >= 15 is 0 Å². The van der Waals surface area contributed by atoms with Gasteiger partial charge in [0, 0.05) is 47.1 Å². The number of carbonyl (C=O) groups excluding carboxylic acids is 1. The van der Waals surface area contributed by atoms with Gasteiger partial charge in [-0.3, -0.25) is 9.78 Å². The van der Waals surface area contributed by atoms with Gasteiger partial charge in [0.05, 0.1) is 6.04 Å². The molecule has 4 nitrogen and oxygen atoms in total. The van der Waals surface area contributed by atoms with Crippen LogP contribution >= 0.6 is 11.3 Å². The lowest BCUT2D eigenvalue weighted by Crippen LogP contribution is -2.36. The Morgan fingerprint density at radius 1 is 1.22 bits per heavy atom. The number of amides is 1. The largest absolute Gasteiger partial charge is 0.385 e. The van der Waals surface area contributed by atoms with E-state index in [1.807, 2.05) is 24.3 Å². The van der Waals surface area contributed by atoms with Gasteiger partial charge >= 0.3 is 0 Å². The zero-order chi connectivity index (χ0) is 19.0. The normalized spacial score (nSPS) is 20.9. The maximum absolute atomic E-state index is 14.3. The molecule has 3 heterocycles. The van der Waals surface area contributed by atoms with Crippen LogP contribution in [0.3, 0.4) is 0 Å². The number of thiophene rings is 1. The van der Waals surface area contributed by atoms with Crippen LogP contribution in [0.25, 0.3) is 10.4 Å². The number of aromatic nitrogens is 1. The molecule has 3 atom stereocenters. The molecule has 0 spiro atoms. The van der Waals surface area contributed by atoms with Gasteiger partial charge in [-0.2, -0.15) is 0 Å². The van der Waals surface area contributed by atoms with E-state index in [0.717, 1.165) is 15.3 Å². The van der Waals surface area contributed by atoms with Crippen LogP contribution in [-0.4, -0.2) is 34.0 Å². The number of halogens is 1. The Morgan fingerprint density at radius 3 is 2.78 bits per heavy atom. The van der Waals surface area contributed by atoms with E-state index in [2.05, 4.69) is 4.98 Å². The smallest absolute Gasteiger partial charge is 0.223 e. The van der Waals surface area contributed by atoms with E-state index in [4.69, 9.17) is 0 Å². The van der Waals surface area contributed by atoms with Crippen molar-refractivity contribution >= 4 is 17.2 Å². The van der Waals surface area contributed by atoms with Crippen LogP contribution in [0.4, 0.5) is 4.39 Å². The van der Waals surface area contributed by atoms with Gasteiger partial charge in [0.25, 0.3) is 0 Å².